The van der Waals surface area contributed by atoms with Crippen LogP contribution >= 0.6 is 0 Å². The number of aryl methyl sites for hydroxylation is 1. The molecule has 2 aromatic carbocycles. The summed E-state index contributed by atoms with van der Waals surface area (Å²) in [6, 6.07) is 14.1. The third-order valence-corrected chi connectivity index (χ3v) is 2.58. The number of hydrogen-bond acceptors (Lipinski definition) is 2. The number of hydrogen-bond donors (Lipinski definition) is 0. The maximum Gasteiger partial charge on any atom is 0.343 e. The van der Waals surface area contributed by atoms with Crippen molar-refractivity contribution < 1.29 is 9.53 Å². The molecule has 0 saturated heterocycles. The predicted molar refractivity (Wildman–Crippen MR) is 70.5 cm³/mol. The molecule has 0 heterocycles. The standard InChI is InChI=1S/C16H12O2/c1-3-13-8-10-14(11-9-13)16(17)18-15-7-5-4-6-12(15)2/h1,4-11H,2H3. The van der Waals surface area contributed by atoms with Crippen LogP contribution < -0.4 is 4.74 Å². The summed E-state index contributed by atoms with van der Waals surface area (Å²) in [4.78, 5) is 11.9. The van der Waals surface area contributed by atoms with Gasteiger partial charge in [0, 0.05) is 5.56 Å². The molecule has 0 atom stereocenters. The third kappa shape index (κ3) is 2.58. The van der Waals surface area contributed by atoms with Gasteiger partial charge in [-0.05, 0) is 42.8 Å². The molecule has 0 aliphatic heterocycles. The Bertz CT molecular complexity index is 604. The summed E-state index contributed by atoms with van der Waals surface area (Å²) in [5.74, 6) is 2.69. The van der Waals surface area contributed by atoms with Crippen LogP contribution in [-0.4, -0.2) is 5.97 Å². The Morgan fingerprint density at radius 2 is 1.78 bits per heavy atom. The zero-order chi connectivity index (χ0) is 13.0. The van der Waals surface area contributed by atoms with Gasteiger partial charge in [0.15, 0.2) is 0 Å². The lowest BCUT2D eigenvalue weighted by Crippen LogP contribution is -2.09. The van der Waals surface area contributed by atoms with E-state index in [4.69, 9.17) is 11.2 Å². The molecule has 2 rings (SSSR count). The maximum atomic E-state index is 11.9. The van der Waals surface area contributed by atoms with Gasteiger partial charge in [-0.2, -0.15) is 0 Å². The fourth-order valence-corrected chi connectivity index (χ4v) is 1.53. The number of terminal acetylenes is 1. The van der Waals surface area contributed by atoms with Gasteiger partial charge in [-0.15, -0.1) is 6.42 Å². The van der Waals surface area contributed by atoms with Crippen LogP contribution in [0.4, 0.5) is 0 Å². The van der Waals surface area contributed by atoms with E-state index in [2.05, 4.69) is 5.92 Å². The average Bonchev–Trinajstić information content (AvgIpc) is 2.41. The van der Waals surface area contributed by atoms with E-state index in [1.165, 1.54) is 0 Å². The van der Waals surface area contributed by atoms with Crippen LogP contribution in [0.15, 0.2) is 48.5 Å². The Kier molecular flexibility index (Phi) is 3.45. The molecule has 2 aromatic rings. The van der Waals surface area contributed by atoms with Crippen LogP contribution in [0.1, 0.15) is 21.5 Å². The van der Waals surface area contributed by atoms with Gasteiger partial charge in [-0.1, -0.05) is 24.1 Å². The quantitative estimate of drug-likeness (QED) is 0.454. The normalized spacial score (nSPS) is 9.56. The summed E-state index contributed by atoms with van der Waals surface area (Å²) >= 11 is 0. The smallest absolute Gasteiger partial charge is 0.343 e. The van der Waals surface area contributed by atoms with Gasteiger partial charge in [0.1, 0.15) is 5.75 Å². The maximum absolute atomic E-state index is 11.9. The zero-order valence-electron chi connectivity index (χ0n) is 10.0. The summed E-state index contributed by atoms with van der Waals surface area (Å²) in [7, 11) is 0. The minimum atomic E-state index is -0.382. The predicted octanol–water partition coefficient (Wildman–Crippen LogP) is 3.20. The summed E-state index contributed by atoms with van der Waals surface area (Å²) in [6.45, 7) is 1.89. The molecular weight excluding hydrogens is 224 g/mol. The number of ether oxygens (including phenoxy) is 1. The van der Waals surface area contributed by atoms with E-state index >= 15 is 0 Å². The van der Waals surface area contributed by atoms with Crippen LogP contribution in [0.2, 0.25) is 0 Å². The van der Waals surface area contributed by atoms with Gasteiger partial charge in [0.2, 0.25) is 0 Å². The van der Waals surface area contributed by atoms with Gasteiger partial charge in [0.25, 0.3) is 0 Å². The second-order valence-corrected chi connectivity index (χ2v) is 3.88. The molecule has 0 N–H and O–H groups in total. The molecule has 0 aliphatic carbocycles. The summed E-state index contributed by atoms with van der Waals surface area (Å²) in [5, 5.41) is 0. The van der Waals surface area contributed by atoms with Crippen LogP contribution in [0.5, 0.6) is 5.75 Å². The van der Waals surface area contributed by atoms with E-state index in [-0.39, 0.29) is 5.97 Å². The molecule has 0 saturated carbocycles. The molecule has 0 amide bonds. The van der Waals surface area contributed by atoms with Crippen molar-refractivity contribution in [3.63, 3.8) is 0 Å². The Hall–Kier alpha value is -2.53. The van der Waals surface area contributed by atoms with Gasteiger partial charge in [-0.3, -0.25) is 0 Å². The van der Waals surface area contributed by atoms with Gasteiger partial charge < -0.3 is 4.74 Å². The first-order valence-corrected chi connectivity index (χ1v) is 5.55. The molecule has 0 unspecified atom stereocenters. The molecule has 0 radical (unpaired) electrons. The molecular formula is C16H12O2. The summed E-state index contributed by atoms with van der Waals surface area (Å²) in [5.41, 5.74) is 2.14. The van der Waals surface area contributed by atoms with Crippen LogP contribution in [0.25, 0.3) is 0 Å². The molecule has 2 heteroatoms. The lowest BCUT2D eigenvalue weighted by atomic mass is 10.1. The Balaban J connectivity index is 2.17. The molecule has 0 spiro atoms. The SMILES string of the molecule is C#Cc1ccc(C(=O)Oc2ccccc2C)cc1. The van der Waals surface area contributed by atoms with Gasteiger partial charge in [-0.25, -0.2) is 4.79 Å². The van der Waals surface area contributed by atoms with Crippen molar-refractivity contribution in [1.82, 2.24) is 0 Å². The Labute approximate surface area is 106 Å². The van der Waals surface area contributed by atoms with E-state index in [9.17, 15) is 4.79 Å². The number of carbonyl (C=O) groups excluding carboxylic acids is 1. The largest absolute Gasteiger partial charge is 0.423 e. The van der Waals surface area contributed by atoms with E-state index in [1.54, 1.807) is 30.3 Å². The van der Waals surface area contributed by atoms with Gasteiger partial charge in [0.05, 0.1) is 5.56 Å². The van der Waals surface area contributed by atoms with Crippen molar-refractivity contribution in [3.05, 3.63) is 65.2 Å². The number of rotatable bonds is 2. The average molecular weight is 236 g/mol. The first kappa shape index (κ1) is 11.9. The van der Waals surface area contributed by atoms with E-state index < -0.39 is 0 Å². The number of benzene rings is 2. The highest BCUT2D eigenvalue weighted by molar-refractivity contribution is 5.91. The second-order valence-electron chi connectivity index (χ2n) is 3.88. The number of para-hydroxylation sites is 1. The minimum Gasteiger partial charge on any atom is -0.423 e. The van der Waals surface area contributed by atoms with Crippen molar-refractivity contribution >= 4 is 5.97 Å². The van der Waals surface area contributed by atoms with Crippen molar-refractivity contribution in [2.24, 2.45) is 0 Å². The minimum absolute atomic E-state index is 0.382. The van der Waals surface area contributed by atoms with E-state index in [0.717, 1.165) is 11.1 Å². The first-order valence-electron chi connectivity index (χ1n) is 5.55. The third-order valence-electron chi connectivity index (χ3n) is 2.58. The highest BCUT2D eigenvalue weighted by Crippen LogP contribution is 2.18. The topological polar surface area (TPSA) is 26.3 Å². The summed E-state index contributed by atoms with van der Waals surface area (Å²) in [6.07, 6.45) is 5.25. The van der Waals surface area contributed by atoms with Crippen molar-refractivity contribution in [2.75, 3.05) is 0 Å². The fourth-order valence-electron chi connectivity index (χ4n) is 1.53. The molecule has 0 aromatic heterocycles. The molecule has 18 heavy (non-hydrogen) atoms. The monoisotopic (exact) mass is 236 g/mol. The van der Waals surface area contributed by atoms with Gasteiger partial charge >= 0.3 is 5.97 Å². The van der Waals surface area contributed by atoms with E-state index in [0.29, 0.717) is 11.3 Å². The van der Waals surface area contributed by atoms with Crippen LogP contribution in [0, 0.1) is 19.3 Å². The summed E-state index contributed by atoms with van der Waals surface area (Å²) < 4.78 is 5.31. The first-order chi connectivity index (χ1) is 8.70. The highest BCUT2D eigenvalue weighted by Gasteiger charge is 2.09. The van der Waals surface area contributed by atoms with Crippen molar-refractivity contribution in [3.8, 4) is 18.1 Å². The Morgan fingerprint density at radius 3 is 2.39 bits per heavy atom. The zero-order valence-corrected chi connectivity index (χ0v) is 10.0. The molecule has 0 aliphatic rings. The van der Waals surface area contributed by atoms with Crippen molar-refractivity contribution in [2.45, 2.75) is 6.92 Å². The number of esters is 1. The lowest BCUT2D eigenvalue weighted by Gasteiger charge is -2.06. The van der Waals surface area contributed by atoms with Crippen molar-refractivity contribution in [1.29, 1.82) is 0 Å². The molecule has 2 nitrogen and oxygen atoms in total. The lowest BCUT2D eigenvalue weighted by molar-refractivity contribution is 0.0733. The van der Waals surface area contributed by atoms with Crippen LogP contribution in [-0.2, 0) is 0 Å². The molecule has 88 valence electrons. The Morgan fingerprint density at radius 1 is 1.11 bits per heavy atom. The fraction of sp³-hybridized carbons (Fsp3) is 0.0625. The highest BCUT2D eigenvalue weighted by atomic mass is 16.5. The second kappa shape index (κ2) is 5.20. The number of carbonyl (C=O) groups is 1. The van der Waals surface area contributed by atoms with Crippen LogP contribution in [0.3, 0.4) is 0 Å². The molecule has 0 bridgehead atoms. The molecule has 0 fully saturated rings. The van der Waals surface area contributed by atoms with E-state index in [1.807, 2.05) is 25.1 Å².